The summed E-state index contributed by atoms with van der Waals surface area (Å²) in [7, 11) is 1.96. The lowest BCUT2D eigenvalue weighted by atomic mass is 9.80. The Morgan fingerprint density at radius 3 is 2.42 bits per heavy atom. The number of nitrogens with zero attached hydrogens (tertiary/aromatic N) is 3. The lowest BCUT2D eigenvalue weighted by Crippen LogP contribution is -2.55. The van der Waals surface area contributed by atoms with Crippen molar-refractivity contribution in [3.05, 3.63) is 40.2 Å². The maximum atomic E-state index is 14.8. The third-order valence-corrected chi connectivity index (χ3v) is 12.0. The number of anilines is 2. The zero-order valence-corrected chi connectivity index (χ0v) is 37.4. The fraction of sp³-hybridized carbons (Fsp3) is 0.636. The number of benzene rings is 1. The molecule has 0 spiro atoms. The average molecular weight is 854 g/mol. The summed E-state index contributed by atoms with van der Waals surface area (Å²) >= 11 is 1.16. The highest BCUT2D eigenvalue weighted by molar-refractivity contribution is 7.10. The molecule has 0 unspecified atom stereocenters. The van der Waals surface area contributed by atoms with Gasteiger partial charge in [0.15, 0.2) is 6.10 Å². The van der Waals surface area contributed by atoms with Crippen molar-refractivity contribution in [2.24, 2.45) is 29.1 Å². The number of piperidine rings is 1. The van der Waals surface area contributed by atoms with Gasteiger partial charge in [-0.1, -0.05) is 46.2 Å². The first-order valence-electron chi connectivity index (χ1n) is 21.1. The summed E-state index contributed by atoms with van der Waals surface area (Å²) in [5.74, 6) is -1.91. The molecule has 1 aliphatic heterocycles. The normalized spacial score (nSPS) is 17.0. The van der Waals surface area contributed by atoms with Gasteiger partial charge in [-0.2, -0.15) is 0 Å². The number of hydrogen-bond acceptors (Lipinski definition) is 11. The number of terminal acetylenes is 1. The number of nitrogens with one attached hydrogen (secondary N) is 3. The van der Waals surface area contributed by atoms with Gasteiger partial charge in [-0.05, 0) is 102 Å². The highest BCUT2D eigenvalue weighted by Crippen LogP contribution is 2.35. The molecule has 1 aromatic heterocycles. The Balaban J connectivity index is 1.99. The van der Waals surface area contributed by atoms with Crippen LogP contribution < -0.4 is 21.7 Å². The maximum Gasteiger partial charge on any atom is 0.407 e. The van der Waals surface area contributed by atoms with Crippen molar-refractivity contribution >= 4 is 52.6 Å². The molecule has 0 radical (unpaired) electrons. The molecule has 3 rings (SSSR count). The number of hydroxylamine groups is 2. The SMILES string of the molecule is C#CCCCON(C(=O)[C@H](C(=O)N[C@H]1CCCCN1C)[C@@H](C)CC)[C@H](C[C@@H](OC(=O)NCC)c1nc(NC(=O)[C@@H](Cc2ccc(N)cc2)CC(C)(C)C(=O)O)cs1)C(C)C. The van der Waals surface area contributed by atoms with Crippen LogP contribution in [-0.2, 0) is 35.2 Å². The van der Waals surface area contributed by atoms with Gasteiger partial charge >= 0.3 is 12.1 Å². The van der Waals surface area contributed by atoms with Crippen LogP contribution in [0.4, 0.5) is 16.3 Å². The Bertz CT molecular complexity index is 1760. The molecule has 0 saturated carbocycles. The van der Waals surface area contributed by atoms with Crippen LogP contribution in [0.15, 0.2) is 29.6 Å². The van der Waals surface area contributed by atoms with Crippen LogP contribution in [0.3, 0.4) is 0 Å². The van der Waals surface area contributed by atoms with Crippen molar-refractivity contribution in [3.63, 3.8) is 0 Å². The molecule has 1 aromatic carbocycles. The second-order valence-electron chi connectivity index (χ2n) is 16.7. The lowest BCUT2D eigenvalue weighted by molar-refractivity contribution is -0.214. The van der Waals surface area contributed by atoms with Crippen LogP contribution in [0.25, 0.3) is 0 Å². The molecule has 0 aliphatic carbocycles. The summed E-state index contributed by atoms with van der Waals surface area (Å²) in [5.41, 5.74) is 6.05. The van der Waals surface area contributed by atoms with Crippen molar-refractivity contribution in [3.8, 4) is 12.3 Å². The van der Waals surface area contributed by atoms with Crippen LogP contribution in [0.5, 0.6) is 0 Å². The van der Waals surface area contributed by atoms with Crippen molar-refractivity contribution in [2.75, 3.05) is 37.8 Å². The van der Waals surface area contributed by atoms with Crippen LogP contribution in [0.1, 0.15) is 117 Å². The van der Waals surface area contributed by atoms with Crippen LogP contribution in [-0.4, -0.2) is 88.8 Å². The van der Waals surface area contributed by atoms with E-state index in [2.05, 4.69) is 31.8 Å². The van der Waals surface area contributed by atoms with Crippen LogP contribution >= 0.6 is 11.3 Å². The molecule has 1 aliphatic rings. The molecule has 4 amide bonds. The van der Waals surface area contributed by atoms with Gasteiger partial charge in [0, 0.05) is 36.4 Å². The van der Waals surface area contributed by atoms with E-state index >= 15 is 0 Å². The number of unbranched alkanes of at least 4 members (excludes halogenated alkanes) is 1. The Morgan fingerprint density at radius 2 is 1.82 bits per heavy atom. The number of nitrogen functional groups attached to an aromatic ring is 1. The van der Waals surface area contributed by atoms with E-state index in [1.54, 1.807) is 50.4 Å². The Kier molecular flexibility index (Phi) is 19.8. The van der Waals surface area contributed by atoms with Crippen LogP contribution in [0, 0.1) is 41.4 Å². The van der Waals surface area contributed by atoms with Gasteiger partial charge in [0.05, 0.1) is 24.2 Å². The fourth-order valence-corrected chi connectivity index (χ4v) is 7.94. The molecule has 1 saturated heterocycles. The minimum absolute atomic E-state index is 0.0450. The van der Waals surface area contributed by atoms with Gasteiger partial charge < -0.3 is 31.5 Å². The highest BCUT2D eigenvalue weighted by Gasteiger charge is 2.42. The molecule has 2 aromatic rings. The number of aromatic nitrogens is 1. The Morgan fingerprint density at radius 1 is 1.12 bits per heavy atom. The number of aliphatic carboxylic acids is 1. The number of carbonyl (C=O) groups excluding carboxylic acids is 4. The number of nitrogens with two attached hydrogens (primary N) is 1. The van der Waals surface area contributed by atoms with E-state index in [9.17, 15) is 29.1 Å². The number of thiazole rings is 1. The van der Waals surface area contributed by atoms with Gasteiger partial charge in [-0.3, -0.25) is 28.9 Å². The summed E-state index contributed by atoms with van der Waals surface area (Å²) in [5, 5.41) is 21.8. The number of carboxylic acid groups (broad SMARTS) is 1. The molecule has 1 fully saturated rings. The predicted molar refractivity (Wildman–Crippen MR) is 233 cm³/mol. The van der Waals surface area contributed by atoms with E-state index in [1.165, 1.54) is 5.06 Å². The number of likely N-dealkylation sites (tertiary alicyclic amines) is 1. The van der Waals surface area contributed by atoms with E-state index in [1.807, 2.05) is 34.7 Å². The summed E-state index contributed by atoms with van der Waals surface area (Å²) in [6, 6.07) is 6.36. The zero-order valence-electron chi connectivity index (χ0n) is 36.6. The van der Waals surface area contributed by atoms with Gasteiger partial charge in [-0.25, -0.2) is 14.8 Å². The monoisotopic (exact) mass is 853 g/mol. The summed E-state index contributed by atoms with van der Waals surface area (Å²) in [6.45, 7) is 13.8. The van der Waals surface area contributed by atoms with Crippen molar-refractivity contribution in [2.45, 2.75) is 125 Å². The van der Waals surface area contributed by atoms with E-state index in [-0.39, 0.29) is 55.6 Å². The first-order valence-corrected chi connectivity index (χ1v) is 22.0. The van der Waals surface area contributed by atoms with E-state index < -0.39 is 53.3 Å². The number of alkyl carbamates (subject to hydrolysis) is 1. The molecule has 332 valence electrons. The molecule has 2 heterocycles. The van der Waals surface area contributed by atoms with Gasteiger partial charge in [-0.15, -0.1) is 23.7 Å². The third kappa shape index (κ3) is 14.8. The topological polar surface area (TPSA) is 206 Å². The largest absolute Gasteiger partial charge is 0.481 e. The predicted octanol–water partition coefficient (Wildman–Crippen LogP) is 6.62. The molecular formula is C44H67N7O8S. The number of ether oxygens (including phenoxy) is 1. The van der Waals surface area contributed by atoms with Crippen molar-refractivity contribution < 1.29 is 38.7 Å². The highest BCUT2D eigenvalue weighted by atomic mass is 32.1. The summed E-state index contributed by atoms with van der Waals surface area (Å²) in [6.07, 6.45) is 8.22. The number of hydrogen-bond donors (Lipinski definition) is 5. The second kappa shape index (κ2) is 23.9. The maximum absolute atomic E-state index is 14.8. The second-order valence-corrected chi connectivity index (χ2v) is 17.6. The summed E-state index contributed by atoms with van der Waals surface area (Å²) < 4.78 is 5.97. The Hall–Kier alpha value is -4.72. The Labute approximate surface area is 359 Å². The van der Waals surface area contributed by atoms with E-state index in [0.29, 0.717) is 36.5 Å². The van der Waals surface area contributed by atoms with E-state index in [4.69, 9.17) is 21.7 Å². The van der Waals surface area contributed by atoms with E-state index in [0.717, 1.165) is 42.7 Å². The molecule has 16 heteroatoms. The molecule has 6 atom stereocenters. The first kappa shape index (κ1) is 49.6. The number of carboxylic acids is 1. The minimum atomic E-state index is -1.20. The lowest BCUT2D eigenvalue weighted by Gasteiger charge is -2.38. The molecule has 15 nitrogen and oxygen atoms in total. The molecule has 60 heavy (non-hydrogen) atoms. The minimum Gasteiger partial charge on any atom is -0.481 e. The third-order valence-electron chi connectivity index (χ3n) is 11.1. The number of amides is 4. The summed E-state index contributed by atoms with van der Waals surface area (Å²) in [4.78, 5) is 81.0. The van der Waals surface area contributed by atoms with Crippen LogP contribution in [0.2, 0.25) is 0 Å². The molecule has 0 bridgehead atoms. The quantitative estimate of drug-likeness (QED) is 0.0264. The molecular weight excluding hydrogens is 787 g/mol. The first-order chi connectivity index (χ1) is 28.4. The molecule has 6 N–H and O–H groups in total. The van der Waals surface area contributed by atoms with Gasteiger partial charge in [0.25, 0.3) is 5.91 Å². The fourth-order valence-electron chi connectivity index (χ4n) is 7.15. The smallest absolute Gasteiger partial charge is 0.407 e. The van der Waals surface area contributed by atoms with Gasteiger partial charge in [0.2, 0.25) is 11.8 Å². The van der Waals surface area contributed by atoms with Gasteiger partial charge in [0.1, 0.15) is 16.7 Å². The number of carbonyl (C=O) groups is 5. The standard InChI is InChI=1S/C44H67N7O8S/c1-10-13-16-23-58-51(41(54)37(29(6)11-2)39(53)49-36-17-14-15-22-50(36)9)33(28(4)5)25-34(59-43(57)46-12-3)40-48-35(27-60-40)47-38(52)31(26-44(7,8)42(55)56)24-30-18-20-32(45)21-19-30/h1,18-21,27-29,31,33-34,36-37H,11-17,22-26,45H2,2-9H3,(H,46,57)(H,47,52)(H,49,53)(H,55,56)/t29-,31-,33+,34+,36+,37-/m0/s1. The van der Waals surface area contributed by atoms with Crippen molar-refractivity contribution in [1.82, 2.24) is 25.6 Å². The zero-order chi connectivity index (χ0) is 44.6. The van der Waals surface area contributed by atoms with Crippen molar-refractivity contribution in [1.29, 1.82) is 0 Å². The average Bonchev–Trinajstić information content (AvgIpc) is 3.66. The number of rotatable bonds is 23.